The van der Waals surface area contributed by atoms with Gasteiger partial charge in [-0.05, 0) is 45.8 Å². The maximum Gasteiger partial charge on any atom is 0.168 e. The molecule has 0 bridgehead atoms. The third kappa shape index (κ3) is 2.92. The van der Waals surface area contributed by atoms with E-state index in [0.29, 0.717) is 20.7 Å². The van der Waals surface area contributed by atoms with E-state index >= 15 is 0 Å². The average Bonchev–Trinajstić information content (AvgIpc) is 2.32. The first kappa shape index (κ1) is 13.1. The van der Waals surface area contributed by atoms with Crippen molar-refractivity contribution in [3.63, 3.8) is 0 Å². The summed E-state index contributed by atoms with van der Waals surface area (Å²) in [6.07, 6.45) is 0.280. The Morgan fingerprint density at radius 2 is 1.94 bits per heavy atom. The SMILES string of the molecule is Nc1ccc(C(=O)Cc2ccccc2Cl)c(Br)c1. The summed E-state index contributed by atoms with van der Waals surface area (Å²) in [6.45, 7) is 0. The van der Waals surface area contributed by atoms with Gasteiger partial charge in [-0.1, -0.05) is 29.8 Å². The van der Waals surface area contributed by atoms with E-state index in [9.17, 15) is 4.79 Å². The zero-order valence-corrected chi connectivity index (χ0v) is 11.8. The van der Waals surface area contributed by atoms with Gasteiger partial charge in [0.25, 0.3) is 0 Å². The highest BCUT2D eigenvalue weighted by Crippen LogP contribution is 2.23. The van der Waals surface area contributed by atoms with Gasteiger partial charge >= 0.3 is 0 Å². The van der Waals surface area contributed by atoms with Crippen LogP contribution in [0.1, 0.15) is 15.9 Å². The van der Waals surface area contributed by atoms with Gasteiger partial charge in [-0.15, -0.1) is 0 Å². The van der Waals surface area contributed by atoms with Gasteiger partial charge in [-0.2, -0.15) is 0 Å². The quantitative estimate of drug-likeness (QED) is 0.682. The number of rotatable bonds is 3. The summed E-state index contributed by atoms with van der Waals surface area (Å²) in [5, 5.41) is 0.609. The molecule has 0 aliphatic heterocycles. The molecule has 0 radical (unpaired) electrons. The molecule has 4 heteroatoms. The van der Waals surface area contributed by atoms with Gasteiger partial charge in [0.1, 0.15) is 0 Å². The number of carbonyl (C=O) groups is 1. The Morgan fingerprint density at radius 3 is 2.61 bits per heavy atom. The van der Waals surface area contributed by atoms with E-state index in [-0.39, 0.29) is 12.2 Å². The Morgan fingerprint density at radius 1 is 1.22 bits per heavy atom. The molecule has 0 spiro atoms. The van der Waals surface area contributed by atoms with Gasteiger partial charge in [-0.25, -0.2) is 0 Å². The smallest absolute Gasteiger partial charge is 0.168 e. The molecule has 2 nitrogen and oxygen atoms in total. The van der Waals surface area contributed by atoms with Crippen LogP contribution < -0.4 is 5.73 Å². The molecule has 0 atom stereocenters. The maximum atomic E-state index is 12.2. The first-order chi connectivity index (χ1) is 8.58. The van der Waals surface area contributed by atoms with Crippen molar-refractivity contribution in [2.24, 2.45) is 0 Å². The van der Waals surface area contributed by atoms with Gasteiger partial charge in [0.05, 0.1) is 0 Å². The molecule has 0 heterocycles. The average molecular weight is 325 g/mol. The van der Waals surface area contributed by atoms with Gasteiger partial charge in [-0.3, -0.25) is 4.79 Å². The van der Waals surface area contributed by atoms with Crippen molar-refractivity contribution in [3.8, 4) is 0 Å². The lowest BCUT2D eigenvalue weighted by atomic mass is 10.0. The lowest BCUT2D eigenvalue weighted by Gasteiger charge is -2.06. The van der Waals surface area contributed by atoms with Crippen LogP contribution in [-0.4, -0.2) is 5.78 Å². The molecule has 0 saturated heterocycles. The van der Waals surface area contributed by atoms with E-state index in [0.717, 1.165) is 5.56 Å². The number of nitrogens with two attached hydrogens (primary N) is 1. The van der Waals surface area contributed by atoms with E-state index in [2.05, 4.69) is 15.9 Å². The summed E-state index contributed by atoms with van der Waals surface area (Å²) in [4.78, 5) is 12.2. The molecule has 92 valence electrons. The van der Waals surface area contributed by atoms with E-state index in [1.165, 1.54) is 0 Å². The number of Topliss-reactive ketones (excluding diaryl/α,β-unsaturated/α-hetero) is 1. The molecular formula is C14H11BrClNO. The summed E-state index contributed by atoms with van der Waals surface area (Å²) in [5.74, 6) is 0.00924. The predicted molar refractivity (Wildman–Crippen MR) is 78.0 cm³/mol. The number of anilines is 1. The third-order valence-corrected chi connectivity index (χ3v) is 3.63. The topological polar surface area (TPSA) is 43.1 Å². The van der Waals surface area contributed by atoms with E-state index in [4.69, 9.17) is 17.3 Å². The third-order valence-electron chi connectivity index (χ3n) is 2.60. The molecule has 0 aromatic heterocycles. The highest BCUT2D eigenvalue weighted by Gasteiger charge is 2.12. The second-order valence-electron chi connectivity index (χ2n) is 3.93. The van der Waals surface area contributed by atoms with Crippen molar-refractivity contribution in [3.05, 3.63) is 63.1 Å². The number of halogens is 2. The fourth-order valence-electron chi connectivity index (χ4n) is 1.67. The minimum Gasteiger partial charge on any atom is -0.399 e. The van der Waals surface area contributed by atoms with E-state index in [1.807, 2.05) is 18.2 Å². The molecule has 0 aliphatic carbocycles. The fourth-order valence-corrected chi connectivity index (χ4v) is 2.49. The monoisotopic (exact) mass is 323 g/mol. The van der Waals surface area contributed by atoms with Crippen LogP contribution in [0.25, 0.3) is 0 Å². The Bertz CT molecular complexity index is 598. The molecule has 2 N–H and O–H groups in total. The molecule has 0 unspecified atom stereocenters. The Balaban J connectivity index is 2.25. The van der Waals surface area contributed by atoms with Crippen LogP contribution in [-0.2, 0) is 6.42 Å². The van der Waals surface area contributed by atoms with Crippen LogP contribution in [0, 0.1) is 0 Å². The molecule has 0 amide bonds. The first-order valence-corrected chi connectivity index (χ1v) is 6.56. The highest BCUT2D eigenvalue weighted by molar-refractivity contribution is 9.10. The fraction of sp³-hybridized carbons (Fsp3) is 0.0714. The van der Waals surface area contributed by atoms with Crippen molar-refractivity contribution in [2.75, 3.05) is 5.73 Å². The lowest BCUT2D eigenvalue weighted by Crippen LogP contribution is -2.05. The summed E-state index contributed by atoms with van der Waals surface area (Å²) in [7, 11) is 0. The van der Waals surface area contributed by atoms with Gasteiger partial charge < -0.3 is 5.73 Å². The van der Waals surface area contributed by atoms with Crippen molar-refractivity contribution in [1.82, 2.24) is 0 Å². The lowest BCUT2D eigenvalue weighted by molar-refractivity contribution is 0.0992. The van der Waals surface area contributed by atoms with E-state index in [1.54, 1.807) is 24.3 Å². The summed E-state index contributed by atoms with van der Waals surface area (Å²) in [5.41, 5.74) is 7.71. The maximum absolute atomic E-state index is 12.2. The molecular weight excluding hydrogens is 314 g/mol. The summed E-state index contributed by atoms with van der Waals surface area (Å²) >= 11 is 9.38. The summed E-state index contributed by atoms with van der Waals surface area (Å²) < 4.78 is 0.708. The Hall–Kier alpha value is -1.32. The molecule has 2 rings (SSSR count). The number of benzene rings is 2. The van der Waals surface area contributed by atoms with Gasteiger partial charge in [0.2, 0.25) is 0 Å². The Labute approximate surface area is 119 Å². The molecule has 0 saturated carbocycles. The number of carbonyl (C=O) groups excluding carboxylic acids is 1. The van der Waals surface area contributed by atoms with Crippen LogP contribution in [0.4, 0.5) is 5.69 Å². The summed E-state index contributed by atoms with van der Waals surface area (Å²) in [6, 6.07) is 12.5. The largest absolute Gasteiger partial charge is 0.399 e. The highest BCUT2D eigenvalue weighted by atomic mass is 79.9. The molecule has 2 aromatic carbocycles. The molecule has 2 aromatic rings. The number of ketones is 1. The van der Waals surface area contributed by atoms with Crippen LogP contribution in [0.5, 0.6) is 0 Å². The molecule has 0 aliphatic rings. The van der Waals surface area contributed by atoms with Crippen molar-refractivity contribution >= 4 is 39.0 Å². The minimum atomic E-state index is 0.00924. The number of nitrogen functional groups attached to an aromatic ring is 1. The minimum absolute atomic E-state index is 0.00924. The van der Waals surface area contributed by atoms with Crippen LogP contribution >= 0.6 is 27.5 Å². The Kier molecular flexibility index (Phi) is 4.04. The predicted octanol–water partition coefficient (Wildman–Crippen LogP) is 4.11. The van der Waals surface area contributed by atoms with Crippen molar-refractivity contribution < 1.29 is 4.79 Å². The van der Waals surface area contributed by atoms with Crippen LogP contribution in [0.3, 0.4) is 0 Å². The molecule has 0 fully saturated rings. The van der Waals surface area contributed by atoms with Gasteiger partial charge in [0.15, 0.2) is 5.78 Å². The van der Waals surface area contributed by atoms with Crippen LogP contribution in [0.15, 0.2) is 46.9 Å². The normalized spacial score (nSPS) is 10.3. The van der Waals surface area contributed by atoms with Crippen LogP contribution in [0.2, 0.25) is 5.02 Å². The number of hydrogen-bond acceptors (Lipinski definition) is 2. The first-order valence-electron chi connectivity index (χ1n) is 5.39. The standard InChI is InChI=1S/C14H11BrClNO/c15-12-8-10(17)5-6-11(12)14(18)7-9-3-1-2-4-13(9)16/h1-6,8H,7,17H2. The molecule has 18 heavy (non-hydrogen) atoms. The second kappa shape index (κ2) is 5.55. The second-order valence-corrected chi connectivity index (χ2v) is 5.19. The van der Waals surface area contributed by atoms with Crippen molar-refractivity contribution in [2.45, 2.75) is 6.42 Å². The zero-order chi connectivity index (χ0) is 13.1. The van der Waals surface area contributed by atoms with Crippen molar-refractivity contribution in [1.29, 1.82) is 0 Å². The zero-order valence-electron chi connectivity index (χ0n) is 9.49. The number of hydrogen-bond donors (Lipinski definition) is 1. The van der Waals surface area contributed by atoms with Gasteiger partial charge in [0, 0.05) is 27.2 Å². The van der Waals surface area contributed by atoms with E-state index < -0.39 is 0 Å².